The van der Waals surface area contributed by atoms with Crippen molar-refractivity contribution in [2.75, 3.05) is 5.32 Å². The highest BCUT2D eigenvalue weighted by molar-refractivity contribution is 6.31. The number of carbonyl (C=O) groups is 1. The van der Waals surface area contributed by atoms with Crippen LogP contribution in [0.4, 0.5) is 5.69 Å². The van der Waals surface area contributed by atoms with E-state index >= 15 is 0 Å². The van der Waals surface area contributed by atoms with Crippen LogP contribution in [0.2, 0.25) is 10.2 Å². The standard InChI is InChI=1S/C32H26Cl2N10O2/c1-19-4-2-6-28(42-18-37-24(14-30(42)45)23-13-21(33)7-8-27(23)43-17-29(34)40-41-43)25-12-20(9-11-36-25)31-26(39-32(19)46)16-38-44(31)22-5-3-10-35-15-22/h3,5,7-19,28H,2,4,6H2,1H3,(H,39,46)/t19-,28+/m1/s1. The molecule has 14 heteroatoms. The van der Waals surface area contributed by atoms with E-state index in [9.17, 15) is 9.59 Å². The van der Waals surface area contributed by atoms with E-state index in [0.29, 0.717) is 58.3 Å². The third-order valence-corrected chi connectivity index (χ3v) is 8.40. The number of hydrogen-bond acceptors (Lipinski definition) is 8. The molecule has 1 aliphatic rings. The van der Waals surface area contributed by atoms with Crippen LogP contribution in [0.5, 0.6) is 0 Å². The molecule has 0 saturated carbocycles. The number of anilines is 1. The van der Waals surface area contributed by atoms with Crippen molar-refractivity contribution in [2.45, 2.75) is 32.2 Å². The Labute approximate surface area is 272 Å². The van der Waals surface area contributed by atoms with Crippen molar-refractivity contribution in [1.29, 1.82) is 0 Å². The third kappa shape index (κ3) is 5.68. The summed E-state index contributed by atoms with van der Waals surface area (Å²) < 4.78 is 4.83. The van der Waals surface area contributed by atoms with Gasteiger partial charge in [-0.25, -0.2) is 14.3 Å². The summed E-state index contributed by atoms with van der Waals surface area (Å²) in [6.45, 7) is 1.90. The lowest BCUT2D eigenvalue weighted by atomic mass is 9.97. The molecule has 0 radical (unpaired) electrons. The molecule has 0 saturated heterocycles. The third-order valence-electron chi connectivity index (χ3n) is 7.99. The zero-order valence-corrected chi connectivity index (χ0v) is 26.0. The first kappa shape index (κ1) is 29.5. The van der Waals surface area contributed by atoms with Gasteiger partial charge in [-0.05, 0) is 55.3 Å². The molecule has 0 unspecified atom stereocenters. The second kappa shape index (κ2) is 12.3. The normalized spacial score (nSPS) is 16.6. The quantitative estimate of drug-likeness (QED) is 0.253. The number of fused-ring (bicyclic) bond motifs is 4. The van der Waals surface area contributed by atoms with E-state index in [0.717, 1.165) is 11.3 Å². The van der Waals surface area contributed by atoms with Gasteiger partial charge in [-0.1, -0.05) is 41.8 Å². The average Bonchev–Trinajstić information content (AvgIpc) is 3.69. The van der Waals surface area contributed by atoms with Crippen LogP contribution in [0.15, 0.2) is 90.6 Å². The molecule has 7 rings (SSSR count). The van der Waals surface area contributed by atoms with Gasteiger partial charge in [-0.3, -0.25) is 24.1 Å². The maximum absolute atomic E-state index is 13.9. The molecule has 5 aromatic heterocycles. The van der Waals surface area contributed by atoms with Crippen LogP contribution < -0.4 is 10.9 Å². The average molecular weight is 654 g/mol. The SMILES string of the molecule is C[C@@H]1CCC[C@H](n2cnc(-c3cc(Cl)ccc3-n3cc(Cl)nn3)cc2=O)c2cc(ccn2)-c2c(cnn2-c2cccnc2)NC1=O. The largest absolute Gasteiger partial charge is 0.323 e. The Morgan fingerprint density at radius 2 is 1.87 bits per heavy atom. The Kier molecular flexibility index (Phi) is 7.89. The van der Waals surface area contributed by atoms with Crippen LogP contribution in [-0.4, -0.2) is 50.2 Å². The van der Waals surface area contributed by atoms with Crippen molar-refractivity contribution in [3.63, 3.8) is 0 Å². The number of hydrogen-bond donors (Lipinski definition) is 1. The van der Waals surface area contributed by atoms with Crippen LogP contribution in [0, 0.1) is 5.92 Å². The lowest BCUT2D eigenvalue weighted by Gasteiger charge is -2.22. The fourth-order valence-corrected chi connectivity index (χ4v) is 5.97. The summed E-state index contributed by atoms with van der Waals surface area (Å²) in [7, 11) is 0. The van der Waals surface area contributed by atoms with Gasteiger partial charge in [-0.15, -0.1) is 5.10 Å². The number of nitrogens with zero attached hydrogens (tertiary/aromatic N) is 9. The fourth-order valence-electron chi connectivity index (χ4n) is 5.67. The number of nitrogens with one attached hydrogen (secondary N) is 1. The molecule has 1 N–H and O–H groups in total. The topological polar surface area (TPSA) is 138 Å². The second-order valence-corrected chi connectivity index (χ2v) is 11.8. The number of carbonyl (C=O) groups excluding carboxylic acids is 1. The second-order valence-electron chi connectivity index (χ2n) is 11.0. The zero-order valence-electron chi connectivity index (χ0n) is 24.5. The van der Waals surface area contributed by atoms with Gasteiger partial charge in [-0.2, -0.15) is 5.10 Å². The van der Waals surface area contributed by atoms with Crippen LogP contribution in [0.3, 0.4) is 0 Å². The van der Waals surface area contributed by atoms with Crippen LogP contribution in [-0.2, 0) is 4.79 Å². The first-order chi connectivity index (χ1) is 22.4. The van der Waals surface area contributed by atoms with Gasteiger partial charge in [0.05, 0.1) is 65.1 Å². The van der Waals surface area contributed by atoms with Gasteiger partial charge >= 0.3 is 0 Å². The van der Waals surface area contributed by atoms with E-state index in [1.165, 1.54) is 17.1 Å². The summed E-state index contributed by atoms with van der Waals surface area (Å²) in [6.07, 6.45) is 11.7. The Hall–Kier alpha value is -5.20. The van der Waals surface area contributed by atoms with Gasteiger partial charge in [0.15, 0.2) is 5.15 Å². The molecular weight excluding hydrogens is 627 g/mol. The zero-order chi connectivity index (χ0) is 31.8. The van der Waals surface area contributed by atoms with E-state index in [1.807, 2.05) is 31.2 Å². The van der Waals surface area contributed by atoms with E-state index in [1.54, 1.807) is 58.4 Å². The minimum Gasteiger partial charge on any atom is -0.323 e. The van der Waals surface area contributed by atoms with Crippen molar-refractivity contribution in [2.24, 2.45) is 5.92 Å². The van der Waals surface area contributed by atoms with Crippen molar-refractivity contribution < 1.29 is 4.79 Å². The Bertz CT molecular complexity index is 2130. The monoisotopic (exact) mass is 652 g/mol. The van der Waals surface area contributed by atoms with E-state index < -0.39 is 6.04 Å². The molecule has 1 aromatic carbocycles. The Morgan fingerprint density at radius 3 is 2.65 bits per heavy atom. The number of rotatable bonds is 4. The molecule has 1 amide bonds. The van der Waals surface area contributed by atoms with Crippen molar-refractivity contribution >= 4 is 34.8 Å². The van der Waals surface area contributed by atoms with Gasteiger partial charge in [0.1, 0.15) is 0 Å². The van der Waals surface area contributed by atoms with E-state index in [-0.39, 0.29) is 22.5 Å². The predicted molar refractivity (Wildman–Crippen MR) is 173 cm³/mol. The van der Waals surface area contributed by atoms with Crippen LogP contribution in [0.25, 0.3) is 33.9 Å². The molecule has 12 nitrogen and oxygen atoms in total. The van der Waals surface area contributed by atoms with Gasteiger partial charge in [0.2, 0.25) is 5.91 Å². The molecule has 6 aromatic rings. The van der Waals surface area contributed by atoms with Crippen LogP contribution in [0.1, 0.15) is 37.9 Å². The highest BCUT2D eigenvalue weighted by atomic mass is 35.5. The highest BCUT2D eigenvalue weighted by Gasteiger charge is 2.25. The number of benzene rings is 1. The van der Waals surface area contributed by atoms with E-state index in [4.69, 9.17) is 33.2 Å². The summed E-state index contributed by atoms with van der Waals surface area (Å²) in [5.41, 5.74) is 4.78. The maximum Gasteiger partial charge on any atom is 0.254 e. The highest BCUT2D eigenvalue weighted by Crippen LogP contribution is 2.34. The first-order valence-electron chi connectivity index (χ1n) is 14.6. The Morgan fingerprint density at radius 1 is 0.978 bits per heavy atom. The first-order valence-corrected chi connectivity index (χ1v) is 15.3. The molecule has 0 aliphatic carbocycles. The predicted octanol–water partition coefficient (Wildman–Crippen LogP) is 5.79. The van der Waals surface area contributed by atoms with Gasteiger partial charge in [0, 0.05) is 40.5 Å². The molecule has 0 fully saturated rings. The fraction of sp³-hybridized carbons (Fsp3) is 0.188. The molecule has 2 atom stereocenters. The number of pyridine rings is 2. The smallest absolute Gasteiger partial charge is 0.254 e. The van der Waals surface area contributed by atoms with Gasteiger partial charge < -0.3 is 5.32 Å². The minimum atomic E-state index is -0.449. The van der Waals surface area contributed by atoms with E-state index in [2.05, 4.69) is 25.7 Å². The number of halogens is 2. The summed E-state index contributed by atoms with van der Waals surface area (Å²) >= 11 is 12.4. The molecule has 2 bridgehead atoms. The van der Waals surface area contributed by atoms with Crippen molar-refractivity contribution in [3.05, 3.63) is 112 Å². The number of amides is 1. The molecule has 6 heterocycles. The van der Waals surface area contributed by atoms with Crippen molar-refractivity contribution in [3.8, 4) is 33.9 Å². The lowest BCUT2D eigenvalue weighted by molar-refractivity contribution is -0.119. The number of aromatic nitrogens is 9. The van der Waals surface area contributed by atoms with Gasteiger partial charge in [0.25, 0.3) is 5.56 Å². The Balaban J connectivity index is 1.33. The summed E-state index contributed by atoms with van der Waals surface area (Å²) in [4.78, 5) is 40.7. The molecule has 0 spiro atoms. The molecule has 46 heavy (non-hydrogen) atoms. The molecule has 230 valence electrons. The summed E-state index contributed by atoms with van der Waals surface area (Å²) in [6, 6.07) is 13.7. The minimum absolute atomic E-state index is 0.104. The summed E-state index contributed by atoms with van der Waals surface area (Å²) in [5.74, 6) is -0.377. The summed E-state index contributed by atoms with van der Waals surface area (Å²) in [5, 5.41) is 16.3. The van der Waals surface area contributed by atoms with Crippen LogP contribution >= 0.6 is 23.2 Å². The lowest BCUT2D eigenvalue weighted by Crippen LogP contribution is -2.27. The molecular formula is C32H26Cl2N10O2. The molecule has 1 aliphatic heterocycles. The maximum atomic E-state index is 13.9. The van der Waals surface area contributed by atoms with Crippen molar-refractivity contribution in [1.82, 2.24) is 44.3 Å².